The van der Waals surface area contributed by atoms with E-state index in [4.69, 9.17) is 10.6 Å². The smallest absolute Gasteiger partial charge is 0.210 e. The third-order valence-corrected chi connectivity index (χ3v) is 2.49. The lowest BCUT2D eigenvalue weighted by atomic mass is 10.1. The van der Waals surface area contributed by atoms with Crippen molar-refractivity contribution in [2.24, 2.45) is 10.8 Å². The minimum absolute atomic E-state index is 0.551. The predicted molar refractivity (Wildman–Crippen MR) is 75.6 cm³/mol. The van der Waals surface area contributed by atoms with Crippen molar-refractivity contribution in [1.82, 2.24) is 5.43 Å². The highest BCUT2D eigenvalue weighted by Gasteiger charge is 2.03. The number of nitrogens with one attached hydrogen (secondary N) is 2. The van der Waals surface area contributed by atoms with E-state index in [2.05, 4.69) is 28.7 Å². The maximum absolute atomic E-state index is 5.44. The van der Waals surface area contributed by atoms with Gasteiger partial charge in [0.1, 0.15) is 0 Å². The number of ether oxygens (including phenoxy) is 1. The van der Waals surface area contributed by atoms with Gasteiger partial charge >= 0.3 is 0 Å². The molecule has 0 saturated carbocycles. The molecular formula is C13H22N4O. The van der Waals surface area contributed by atoms with Gasteiger partial charge in [-0.1, -0.05) is 31.5 Å². The minimum Gasteiger partial charge on any atom is -0.383 e. The van der Waals surface area contributed by atoms with E-state index >= 15 is 0 Å². The summed E-state index contributed by atoms with van der Waals surface area (Å²) in [4.78, 5) is 4.27. The van der Waals surface area contributed by atoms with E-state index < -0.39 is 0 Å². The first-order valence-electron chi connectivity index (χ1n) is 6.16. The molecule has 0 atom stereocenters. The van der Waals surface area contributed by atoms with Crippen LogP contribution in [-0.2, 0) is 11.2 Å². The Morgan fingerprint density at radius 1 is 1.39 bits per heavy atom. The van der Waals surface area contributed by atoms with Crippen LogP contribution in [0.5, 0.6) is 0 Å². The molecule has 0 saturated heterocycles. The summed E-state index contributed by atoms with van der Waals surface area (Å²) in [5.41, 5.74) is 4.86. The summed E-state index contributed by atoms with van der Waals surface area (Å²) in [5, 5.41) is 3.20. The van der Waals surface area contributed by atoms with E-state index in [0.29, 0.717) is 19.1 Å². The highest BCUT2D eigenvalue weighted by atomic mass is 16.5. The molecule has 0 bridgehead atoms. The maximum atomic E-state index is 5.44. The Kier molecular flexibility index (Phi) is 6.83. The zero-order chi connectivity index (χ0) is 13.2. The zero-order valence-corrected chi connectivity index (χ0v) is 11.1. The Labute approximate surface area is 108 Å². The van der Waals surface area contributed by atoms with Crippen LogP contribution in [0.25, 0.3) is 0 Å². The zero-order valence-electron chi connectivity index (χ0n) is 11.1. The number of hydrazine groups is 1. The Morgan fingerprint density at radius 3 is 2.83 bits per heavy atom. The van der Waals surface area contributed by atoms with Gasteiger partial charge in [-0.3, -0.25) is 5.43 Å². The van der Waals surface area contributed by atoms with Gasteiger partial charge in [0.05, 0.1) is 13.2 Å². The van der Waals surface area contributed by atoms with Crippen LogP contribution < -0.4 is 16.6 Å². The summed E-state index contributed by atoms with van der Waals surface area (Å²) in [6.45, 7) is 3.30. The fourth-order valence-corrected chi connectivity index (χ4v) is 1.63. The first-order chi connectivity index (χ1) is 8.81. The number of rotatable bonds is 6. The molecule has 0 aromatic heterocycles. The van der Waals surface area contributed by atoms with Crippen molar-refractivity contribution in [2.75, 3.05) is 25.6 Å². The number of nitrogens with two attached hydrogens (primary N) is 1. The van der Waals surface area contributed by atoms with Gasteiger partial charge in [-0.05, 0) is 18.1 Å². The number of nitrogens with zero attached hydrogens (tertiary/aromatic N) is 1. The van der Waals surface area contributed by atoms with Crippen molar-refractivity contribution in [3.8, 4) is 0 Å². The van der Waals surface area contributed by atoms with Gasteiger partial charge in [0, 0.05) is 12.8 Å². The third kappa shape index (κ3) is 4.73. The van der Waals surface area contributed by atoms with Crippen LogP contribution in [0.2, 0.25) is 0 Å². The Bertz CT molecular complexity index is 379. The van der Waals surface area contributed by atoms with Gasteiger partial charge in [0.15, 0.2) is 0 Å². The van der Waals surface area contributed by atoms with Crippen LogP contribution in [0.3, 0.4) is 0 Å². The molecule has 0 heterocycles. The number of hydrogen-bond donors (Lipinski definition) is 3. The number of benzene rings is 1. The van der Waals surface area contributed by atoms with Crippen LogP contribution >= 0.6 is 0 Å². The normalized spacial score (nSPS) is 11.4. The highest BCUT2D eigenvalue weighted by molar-refractivity contribution is 5.93. The van der Waals surface area contributed by atoms with Crippen LogP contribution in [-0.4, -0.2) is 26.2 Å². The predicted octanol–water partition coefficient (Wildman–Crippen LogP) is 1.52. The molecule has 0 amide bonds. The minimum atomic E-state index is 0.551. The van der Waals surface area contributed by atoms with Crippen molar-refractivity contribution in [3.05, 3.63) is 29.8 Å². The third-order valence-electron chi connectivity index (χ3n) is 2.49. The van der Waals surface area contributed by atoms with Crippen LogP contribution in [0.4, 0.5) is 5.69 Å². The Hall–Kier alpha value is -1.59. The molecule has 0 unspecified atom stereocenters. The summed E-state index contributed by atoms with van der Waals surface area (Å²) in [7, 11) is 1.65. The average molecular weight is 250 g/mol. The standard InChI is InChI=1S/C13H22N4O/c1-3-6-11-7-4-5-8-12(11)16-13(17-14)15-9-10-18-2/h4-5,7-8H,3,6,9-10,14H2,1-2H3,(H2,15,16,17). The molecule has 100 valence electrons. The molecule has 5 nitrogen and oxygen atoms in total. The fourth-order valence-electron chi connectivity index (χ4n) is 1.63. The van der Waals surface area contributed by atoms with E-state index in [-0.39, 0.29) is 0 Å². The number of hydrogen-bond acceptors (Lipinski definition) is 3. The van der Waals surface area contributed by atoms with Crippen LogP contribution in [0.15, 0.2) is 29.3 Å². The second kappa shape index (κ2) is 8.49. The van der Waals surface area contributed by atoms with Gasteiger partial charge in [-0.25, -0.2) is 10.8 Å². The average Bonchev–Trinajstić information content (AvgIpc) is 2.40. The summed E-state index contributed by atoms with van der Waals surface area (Å²) in [6.07, 6.45) is 2.13. The Morgan fingerprint density at radius 2 is 2.17 bits per heavy atom. The fraction of sp³-hybridized carbons (Fsp3) is 0.462. The van der Waals surface area contributed by atoms with Crippen molar-refractivity contribution in [1.29, 1.82) is 0 Å². The van der Waals surface area contributed by atoms with Crippen LogP contribution in [0.1, 0.15) is 18.9 Å². The van der Waals surface area contributed by atoms with Crippen molar-refractivity contribution in [2.45, 2.75) is 19.8 Å². The molecule has 0 aliphatic heterocycles. The summed E-state index contributed by atoms with van der Waals surface area (Å²) in [6, 6.07) is 8.15. The largest absolute Gasteiger partial charge is 0.383 e. The lowest BCUT2D eigenvalue weighted by Crippen LogP contribution is -2.36. The maximum Gasteiger partial charge on any atom is 0.210 e. The SMILES string of the molecule is CCCc1ccccc1NC(=NCCOC)NN. The number of aliphatic imine (C=N–C) groups is 1. The summed E-state index contributed by atoms with van der Waals surface area (Å²) in [5.74, 6) is 5.99. The number of para-hydroxylation sites is 1. The van der Waals surface area contributed by atoms with Gasteiger partial charge in [0.2, 0.25) is 5.96 Å². The number of guanidine groups is 1. The lowest BCUT2D eigenvalue weighted by Gasteiger charge is -2.13. The quantitative estimate of drug-likeness (QED) is 0.235. The molecule has 4 N–H and O–H groups in total. The Balaban J connectivity index is 2.71. The molecule has 18 heavy (non-hydrogen) atoms. The second-order valence-electron chi connectivity index (χ2n) is 3.90. The molecular weight excluding hydrogens is 228 g/mol. The van der Waals surface area contributed by atoms with E-state index in [1.54, 1.807) is 7.11 Å². The number of aryl methyl sites for hydroxylation is 1. The van der Waals surface area contributed by atoms with E-state index in [0.717, 1.165) is 18.5 Å². The summed E-state index contributed by atoms with van der Waals surface area (Å²) >= 11 is 0. The molecule has 5 heteroatoms. The van der Waals surface area contributed by atoms with Gasteiger partial charge in [-0.15, -0.1) is 0 Å². The molecule has 0 radical (unpaired) electrons. The first-order valence-corrected chi connectivity index (χ1v) is 6.16. The van der Waals surface area contributed by atoms with E-state index in [1.807, 2.05) is 18.2 Å². The topological polar surface area (TPSA) is 71.7 Å². The highest BCUT2D eigenvalue weighted by Crippen LogP contribution is 2.16. The van der Waals surface area contributed by atoms with E-state index in [9.17, 15) is 0 Å². The van der Waals surface area contributed by atoms with Crippen LogP contribution in [0, 0.1) is 0 Å². The molecule has 0 fully saturated rings. The van der Waals surface area contributed by atoms with E-state index in [1.165, 1.54) is 5.56 Å². The van der Waals surface area contributed by atoms with Crippen molar-refractivity contribution >= 4 is 11.6 Å². The molecule has 1 aromatic rings. The van der Waals surface area contributed by atoms with Crippen molar-refractivity contribution < 1.29 is 4.74 Å². The molecule has 0 spiro atoms. The van der Waals surface area contributed by atoms with Gasteiger partial charge in [-0.2, -0.15) is 0 Å². The van der Waals surface area contributed by atoms with Gasteiger partial charge in [0.25, 0.3) is 0 Å². The number of anilines is 1. The summed E-state index contributed by atoms with van der Waals surface area (Å²) < 4.78 is 4.95. The molecule has 1 aromatic carbocycles. The molecule has 0 aliphatic carbocycles. The molecule has 0 aliphatic rings. The van der Waals surface area contributed by atoms with Gasteiger partial charge < -0.3 is 10.1 Å². The van der Waals surface area contributed by atoms with Crippen molar-refractivity contribution in [3.63, 3.8) is 0 Å². The molecule has 1 rings (SSSR count). The first kappa shape index (κ1) is 14.5. The monoisotopic (exact) mass is 250 g/mol. The second-order valence-corrected chi connectivity index (χ2v) is 3.90. The number of methoxy groups -OCH3 is 1. The lowest BCUT2D eigenvalue weighted by molar-refractivity contribution is 0.208.